The number of nitrogens with zero attached hydrogens (tertiary/aromatic N) is 3. The Morgan fingerprint density at radius 3 is 2.85 bits per heavy atom. The van der Waals surface area contributed by atoms with E-state index in [1.54, 1.807) is 6.92 Å². The molecule has 0 atom stereocenters. The maximum atomic E-state index is 13.9. The molecule has 5 nitrogen and oxygen atoms in total. The van der Waals surface area contributed by atoms with Crippen LogP contribution in [0.1, 0.15) is 24.2 Å². The molecule has 0 aromatic carbocycles. The minimum absolute atomic E-state index is 0.125. The van der Waals surface area contributed by atoms with E-state index in [2.05, 4.69) is 10.1 Å². The van der Waals surface area contributed by atoms with Gasteiger partial charge in [-0.05, 0) is 19.9 Å². The lowest BCUT2D eigenvalue weighted by Gasteiger charge is -2.08. The Hall–Kier alpha value is -1.95. The number of esters is 1. The summed E-state index contributed by atoms with van der Waals surface area (Å²) in [6.07, 6.45) is 2.56. The molecule has 0 amide bonds. The first-order chi connectivity index (χ1) is 9.58. The zero-order chi connectivity index (χ0) is 14.7. The average Bonchev–Trinajstić information content (AvgIpc) is 2.85. The second-order valence-corrected chi connectivity index (χ2v) is 4.37. The van der Waals surface area contributed by atoms with Gasteiger partial charge in [0.05, 0.1) is 29.1 Å². The van der Waals surface area contributed by atoms with E-state index in [9.17, 15) is 9.18 Å². The topological polar surface area (TPSA) is 57.0 Å². The molecule has 0 N–H and O–H groups in total. The summed E-state index contributed by atoms with van der Waals surface area (Å²) in [7, 11) is 0. The van der Waals surface area contributed by atoms with Gasteiger partial charge in [0, 0.05) is 12.7 Å². The standard InChI is InChI=1S/C13H13ClFN3O2/c1-3-18-11(9-5-8(14)6-16-12(9)15)10(7-17-18)13(19)20-4-2/h5-7H,3-4H2,1-2H3. The molecule has 0 saturated carbocycles. The number of aryl methyl sites for hydroxylation is 1. The Morgan fingerprint density at radius 1 is 1.45 bits per heavy atom. The number of carbonyl (C=O) groups is 1. The molecule has 0 saturated heterocycles. The lowest BCUT2D eigenvalue weighted by atomic mass is 10.1. The van der Waals surface area contributed by atoms with E-state index in [0.717, 1.165) is 0 Å². The van der Waals surface area contributed by atoms with Crippen LogP contribution in [0.2, 0.25) is 5.02 Å². The molecular weight excluding hydrogens is 285 g/mol. The Morgan fingerprint density at radius 2 is 2.20 bits per heavy atom. The van der Waals surface area contributed by atoms with Crippen molar-refractivity contribution in [3.63, 3.8) is 0 Å². The molecular formula is C13H13ClFN3O2. The minimum atomic E-state index is -0.713. The fourth-order valence-electron chi connectivity index (χ4n) is 1.86. The first-order valence-corrected chi connectivity index (χ1v) is 6.50. The molecule has 0 bridgehead atoms. The van der Waals surface area contributed by atoms with Crippen molar-refractivity contribution in [2.45, 2.75) is 20.4 Å². The summed E-state index contributed by atoms with van der Waals surface area (Å²) in [6, 6.07) is 1.41. The maximum Gasteiger partial charge on any atom is 0.341 e. The summed E-state index contributed by atoms with van der Waals surface area (Å²) in [5, 5.41) is 4.34. The van der Waals surface area contributed by atoms with E-state index >= 15 is 0 Å². The van der Waals surface area contributed by atoms with Gasteiger partial charge in [-0.25, -0.2) is 9.78 Å². The van der Waals surface area contributed by atoms with Crippen LogP contribution in [0.15, 0.2) is 18.5 Å². The van der Waals surface area contributed by atoms with Crippen LogP contribution in [0, 0.1) is 5.95 Å². The van der Waals surface area contributed by atoms with Crippen LogP contribution in [-0.2, 0) is 11.3 Å². The molecule has 106 valence electrons. The van der Waals surface area contributed by atoms with Crippen LogP contribution in [-0.4, -0.2) is 27.3 Å². The van der Waals surface area contributed by atoms with Gasteiger partial charge < -0.3 is 4.74 Å². The van der Waals surface area contributed by atoms with E-state index in [1.165, 1.54) is 23.1 Å². The number of ether oxygens (including phenoxy) is 1. The van der Waals surface area contributed by atoms with E-state index in [-0.39, 0.29) is 22.8 Å². The first kappa shape index (κ1) is 14.5. The molecule has 0 radical (unpaired) electrons. The molecule has 2 heterocycles. The molecule has 0 aliphatic rings. The summed E-state index contributed by atoms with van der Waals surface area (Å²) in [6.45, 7) is 4.23. The van der Waals surface area contributed by atoms with Gasteiger partial charge in [-0.3, -0.25) is 4.68 Å². The number of rotatable bonds is 4. The van der Waals surface area contributed by atoms with Crippen molar-refractivity contribution < 1.29 is 13.9 Å². The van der Waals surface area contributed by atoms with Gasteiger partial charge in [0.2, 0.25) is 5.95 Å². The molecule has 0 aliphatic carbocycles. The van der Waals surface area contributed by atoms with Crippen molar-refractivity contribution in [2.24, 2.45) is 0 Å². The minimum Gasteiger partial charge on any atom is -0.462 e. The highest BCUT2D eigenvalue weighted by molar-refractivity contribution is 6.30. The largest absolute Gasteiger partial charge is 0.462 e. The Bertz CT molecular complexity index is 643. The lowest BCUT2D eigenvalue weighted by molar-refractivity contribution is 0.0527. The number of hydrogen-bond acceptors (Lipinski definition) is 4. The normalized spacial score (nSPS) is 10.6. The zero-order valence-electron chi connectivity index (χ0n) is 11.1. The Labute approximate surface area is 120 Å². The Balaban J connectivity index is 2.62. The fourth-order valence-corrected chi connectivity index (χ4v) is 2.01. The summed E-state index contributed by atoms with van der Waals surface area (Å²) in [5.74, 6) is -1.27. The summed E-state index contributed by atoms with van der Waals surface area (Å²) >= 11 is 5.85. The van der Waals surface area contributed by atoms with E-state index < -0.39 is 11.9 Å². The highest BCUT2D eigenvalue weighted by atomic mass is 35.5. The first-order valence-electron chi connectivity index (χ1n) is 6.12. The molecule has 2 aromatic rings. The van der Waals surface area contributed by atoms with E-state index in [0.29, 0.717) is 12.2 Å². The number of pyridine rings is 1. The molecule has 20 heavy (non-hydrogen) atoms. The van der Waals surface area contributed by atoms with Gasteiger partial charge in [0.15, 0.2) is 0 Å². The summed E-state index contributed by atoms with van der Waals surface area (Å²) in [5.41, 5.74) is 0.634. The van der Waals surface area contributed by atoms with Crippen LogP contribution in [0.4, 0.5) is 4.39 Å². The molecule has 2 aromatic heterocycles. The third kappa shape index (κ3) is 2.65. The van der Waals surface area contributed by atoms with Crippen molar-refractivity contribution in [1.29, 1.82) is 0 Å². The average molecular weight is 298 g/mol. The van der Waals surface area contributed by atoms with E-state index in [1.807, 2.05) is 6.92 Å². The van der Waals surface area contributed by atoms with Gasteiger partial charge in [-0.15, -0.1) is 0 Å². The smallest absolute Gasteiger partial charge is 0.341 e. The molecule has 7 heteroatoms. The monoisotopic (exact) mass is 297 g/mol. The van der Waals surface area contributed by atoms with Crippen LogP contribution in [0.25, 0.3) is 11.3 Å². The highest BCUT2D eigenvalue weighted by Crippen LogP contribution is 2.28. The predicted molar refractivity (Wildman–Crippen MR) is 72.1 cm³/mol. The van der Waals surface area contributed by atoms with Crippen molar-refractivity contribution in [1.82, 2.24) is 14.8 Å². The maximum absolute atomic E-state index is 13.9. The van der Waals surface area contributed by atoms with Gasteiger partial charge in [0.1, 0.15) is 5.56 Å². The second-order valence-electron chi connectivity index (χ2n) is 3.93. The van der Waals surface area contributed by atoms with Crippen LogP contribution in [0.5, 0.6) is 0 Å². The lowest BCUT2D eigenvalue weighted by Crippen LogP contribution is -2.08. The van der Waals surface area contributed by atoms with Crippen molar-refractivity contribution in [2.75, 3.05) is 6.61 Å². The third-order valence-corrected chi connectivity index (χ3v) is 2.90. The van der Waals surface area contributed by atoms with Crippen molar-refractivity contribution in [3.8, 4) is 11.3 Å². The molecule has 0 aliphatic heterocycles. The van der Waals surface area contributed by atoms with E-state index in [4.69, 9.17) is 16.3 Å². The molecule has 2 rings (SSSR count). The number of hydrogen-bond donors (Lipinski definition) is 0. The molecule has 0 spiro atoms. The quantitative estimate of drug-likeness (QED) is 0.643. The SMILES string of the molecule is CCOC(=O)c1cnn(CC)c1-c1cc(Cl)cnc1F. The van der Waals surface area contributed by atoms with Crippen molar-refractivity contribution in [3.05, 3.63) is 35.0 Å². The van der Waals surface area contributed by atoms with Gasteiger partial charge in [0.25, 0.3) is 0 Å². The van der Waals surface area contributed by atoms with Crippen LogP contribution >= 0.6 is 11.6 Å². The van der Waals surface area contributed by atoms with Gasteiger partial charge in [-0.1, -0.05) is 11.6 Å². The molecule has 0 fully saturated rings. The fraction of sp³-hybridized carbons (Fsp3) is 0.308. The van der Waals surface area contributed by atoms with Crippen LogP contribution < -0.4 is 0 Å². The zero-order valence-corrected chi connectivity index (χ0v) is 11.8. The highest BCUT2D eigenvalue weighted by Gasteiger charge is 2.22. The van der Waals surface area contributed by atoms with Gasteiger partial charge >= 0.3 is 5.97 Å². The Kier molecular flexibility index (Phi) is 4.34. The molecule has 0 unspecified atom stereocenters. The van der Waals surface area contributed by atoms with Crippen LogP contribution in [0.3, 0.4) is 0 Å². The van der Waals surface area contributed by atoms with Gasteiger partial charge in [-0.2, -0.15) is 9.49 Å². The number of carbonyl (C=O) groups excluding carboxylic acids is 1. The van der Waals surface area contributed by atoms with Crippen molar-refractivity contribution >= 4 is 17.6 Å². The second kappa shape index (κ2) is 6.00. The predicted octanol–water partition coefficient (Wildman–Crippen LogP) is 2.93. The summed E-state index contributed by atoms with van der Waals surface area (Å²) < 4.78 is 20.4. The summed E-state index contributed by atoms with van der Waals surface area (Å²) in [4.78, 5) is 15.5. The third-order valence-electron chi connectivity index (χ3n) is 2.70. The number of aromatic nitrogens is 3. The number of halogens is 2.